The molecule has 1 N–H and O–H groups in total. The molecule has 0 saturated carbocycles. The van der Waals surface area contributed by atoms with Crippen molar-refractivity contribution in [2.75, 3.05) is 7.05 Å². The quantitative estimate of drug-likeness (QED) is 0.844. The van der Waals surface area contributed by atoms with Crippen LogP contribution >= 0.6 is 11.3 Å². The number of rotatable bonds is 4. The van der Waals surface area contributed by atoms with Gasteiger partial charge in [-0.15, -0.1) is 11.3 Å². The number of benzene rings is 1. The summed E-state index contributed by atoms with van der Waals surface area (Å²) in [7, 11) is 1.91. The third kappa shape index (κ3) is 2.91. The van der Waals surface area contributed by atoms with Gasteiger partial charge in [0.2, 0.25) is 0 Å². The average Bonchev–Trinajstić information content (AvgIpc) is 2.83. The molecule has 2 rings (SSSR count). The van der Waals surface area contributed by atoms with Crippen LogP contribution < -0.4 is 5.32 Å². The van der Waals surface area contributed by atoms with Gasteiger partial charge in [0.25, 0.3) is 0 Å². The van der Waals surface area contributed by atoms with E-state index in [4.69, 9.17) is 0 Å². The molecule has 4 heteroatoms. The molecular weight excluding hydrogens is 276 g/mol. The Bertz CT molecular complexity index is 605. The van der Waals surface area contributed by atoms with Gasteiger partial charge in [-0.3, -0.25) is 0 Å². The van der Waals surface area contributed by atoms with Gasteiger partial charge < -0.3 is 5.32 Å². The van der Waals surface area contributed by atoms with Gasteiger partial charge in [-0.1, -0.05) is 13.8 Å². The van der Waals surface area contributed by atoms with Gasteiger partial charge in [0.15, 0.2) is 0 Å². The highest BCUT2D eigenvalue weighted by atomic mass is 32.1. The van der Waals surface area contributed by atoms with Crippen LogP contribution in [0.4, 0.5) is 8.78 Å². The predicted molar refractivity (Wildman–Crippen MR) is 81.0 cm³/mol. The van der Waals surface area contributed by atoms with Gasteiger partial charge in [-0.25, -0.2) is 8.78 Å². The van der Waals surface area contributed by atoms with Crippen LogP contribution in [0.25, 0.3) is 10.4 Å². The Kier molecular flexibility index (Phi) is 4.55. The summed E-state index contributed by atoms with van der Waals surface area (Å²) in [4.78, 5) is 1.90. The first kappa shape index (κ1) is 15.1. The molecule has 1 nitrogen and oxygen atoms in total. The summed E-state index contributed by atoms with van der Waals surface area (Å²) >= 11 is 1.51. The van der Waals surface area contributed by atoms with E-state index in [0.717, 1.165) is 9.75 Å². The standard InChI is InChI=1S/C16H19F2NS/c1-9(2)16(19-4)15-6-5-14(20-15)11-8-12(17)10(3)7-13(11)18/h5-9,16,19H,1-4H3. The normalized spacial score (nSPS) is 12.9. The van der Waals surface area contributed by atoms with Gasteiger partial charge in [0, 0.05) is 21.4 Å². The summed E-state index contributed by atoms with van der Waals surface area (Å²) in [5, 5.41) is 3.26. The van der Waals surface area contributed by atoms with E-state index in [1.54, 1.807) is 6.92 Å². The fourth-order valence-corrected chi connectivity index (χ4v) is 3.61. The van der Waals surface area contributed by atoms with Crippen LogP contribution in [0.2, 0.25) is 0 Å². The SMILES string of the molecule is CNC(c1ccc(-c2cc(F)c(C)cc2F)s1)C(C)C. The Labute approximate surface area is 122 Å². The Morgan fingerprint density at radius 3 is 2.40 bits per heavy atom. The number of hydrogen-bond acceptors (Lipinski definition) is 2. The Morgan fingerprint density at radius 1 is 1.10 bits per heavy atom. The van der Waals surface area contributed by atoms with Crippen molar-refractivity contribution >= 4 is 11.3 Å². The van der Waals surface area contributed by atoms with Gasteiger partial charge in [-0.05, 0) is 49.7 Å². The maximum Gasteiger partial charge on any atom is 0.132 e. The van der Waals surface area contributed by atoms with Crippen molar-refractivity contribution in [1.82, 2.24) is 5.32 Å². The maximum atomic E-state index is 14.0. The molecule has 0 amide bonds. The minimum Gasteiger partial charge on any atom is -0.312 e. The summed E-state index contributed by atoms with van der Waals surface area (Å²) < 4.78 is 27.6. The van der Waals surface area contributed by atoms with Crippen LogP contribution in [-0.4, -0.2) is 7.05 Å². The zero-order chi connectivity index (χ0) is 14.9. The highest BCUT2D eigenvalue weighted by molar-refractivity contribution is 7.15. The number of thiophene rings is 1. The molecule has 1 unspecified atom stereocenters. The van der Waals surface area contributed by atoms with Crippen molar-refractivity contribution in [1.29, 1.82) is 0 Å². The van der Waals surface area contributed by atoms with Gasteiger partial charge in [0.05, 0.1) is 0 Å². The van der Waals surface area contributed by atoms with Gasteiger partial charge in [0.1, 0.15) is 11.6 Å². The summed E-state index contributed by atoms with van der Waals surface area (Å²) in [6.07, 6.45) is 0. The molecule has 0 aliphatic rings. The van der Waals surface area contributed by atoms with Crippen LogP contribution in [0, 0.1) is 24.5 Å². The van der Waals surface area contributed by atoms with E-state index in [1.165, 1.54) is 23.5 Å². The van der Waals surface area contributed by atoms with Crippen LogP contribution in [0.1, 0.15) is 30.3 Å². The third-order valence-corrected chi connectivity index (χ3v) is 4.63. The number of nitrogens with one attached hydrogen (secondary N) is 1. The molecule has 0 saturated heterocycles. The lowest BCUT2D eigenvalue weighted by Crippen LogP contribution is -2.20. The molecule has 0 aliphatic heterocycles. The van der Waals surface area contributed by atoms with Crippen molar-refractivity contribution in [2.45, 2.75) is 26.8 Å². The summed E-state index contributed by atoms with van der Waals surface area (Å²) in [5.74, 6) is -0.306. The smallest absolute Gasteiger partial charge is 0.132 e. The van der Waals surface area contributed by atoms with E-state index in [0.29, 0.717) is 17.0 Å². The fourth-order valence-electron chi connectivity index (χ4n) is 2.30. The molecule has 1 atom stereocenters. The zero-order valence-corrected chi connectivity index (χ0v) is 12.9. The van der Waals surface area contributed by atoms with Gasteiger partial charge >= 0.3 is 0 Å². The van der Waals surface area contributed by atoms with Crippen LogP contribution in [0.15, 0.2) is 24.3 Å². The predicted octanol–water partition coefficient (Wildman–Crippen LogP) is 4.92. The number of halogens is 2. The first-order valence-electron chi connectivity index (χ1n) is 6.67. The fraction of sp³-hybridized carbons (Fsp3) is 0.375. The molecule has 1 aromatic heterocycles. The Morgan fingerprint density at radius 2 is 1.80 bits per heavy atom. The Hall–Kier alpha value is -1.26. The van der Waals surface area contributed by atoms with Crippen molar-refractivity contribution in [3.63, 3.8) is 0 Å². The molecule has 0 bridgehead atoms. The molecule has 2 aromatic rings. The second-order valence-corrected chi connectivity index (χ2v) is 6.41. The molecule has 1 heterocycles. The first-order chi connectivity index (χ1) is 9.43. The minimum absolute atomic E-state index is 0.229. The summed E-state index contributed by atoms with van der Waals surface area (Å²) in [5.41, 5.74) is 0.668. The topological polar surface area (TPSA) is 12.0 Å². The van der Waals surface area contributed by atoms with Crippen LogP contribution in [0.3, 0.4) is 0 Å². The molecule has 1 aromatic carbocycles. The van der Waals surface area contributed by atoms with E-state index in [1.807, 2.05) is 19.2 Å². The third-order valence-electron chi connectivity index (χ3n) is 3.42. The highest BCUT2D eigenvalue weighted by Gasteiger charge is 2.18. The van der Waals surface area contributed by atoms with Crippen molar-refractivity contribution in [2.24, 2.45) is 5.92 Å². The molecular formula is C16H19F2NS. The summed E-state index contributed by atoms with van der Waals surface area (Å²) in [6, 6.07) is 6.61. The molecule has 0 spiro atoms. The average molecular weight is 295 g/mol. The first-order valence-corrected chi connectivity index (χ1v) is 7.48. The van der Waals surface area contributed by atoms with E-state index >= 15 is 0 Å². The van der Waals surface area contributed by atoms with E-state index in [2.05, 4.69) is 19.2 Å². The van der Waals surface area contributed by atoms with Crippen LogP contribution in [-0.2, 0) is 0 Å². The number of hydrogen-bond donors (Lipinski definition) is 1. The maximum absolute atomic E-state index is 14.0. The monoisotopic (exact) mass is 295 g/mol. The minimum atomic E-state index is -0.372. The number of aryl methyl sites for hydroxylation is 1. The molecule has 20 heavy (non-hydrogen) atoms. The largest absolute Gasteiger partial charge is 0.312 e. The zero-order valence-electron chi connectivity index (χ0n) is 12.1. The lowest BCUT2D eigenvalue weighted by molar-refractivity contribution is 0.449. The Balaban J connectivity index is 2.41. The van der Waals surface area contributed by atoms with Crippen LogP contribution in [0.5, 0.6) is 0 Å². The lowest BCUT2D eigenvalue weighted by atomic mass is 10.0. The van der Waals surface area contributed by atoms with E-state index in [9.17, 15) is 8.78 Å². The van der Waals surface area contributed by atoms with E-state index in [-0.39, 0.29) is 17.7 Å². The van der Waals surface area contributed by atoms with E-state index < -0.39 is 0 Å². The summed E-state index contributed by atoms with van der Waals surface area (Å²) in [6.45, 7) is 5.83. The molecule has 0 aliphatic carbocycles. The molecule has 108 valence electrons. The molecule has 0 radical (unpaired) electrons. The van der Waals surface area contributed by atoms with Gasteiger partial charge in [-0.2, -0.15) is 0 Å². The second-order valence-electron chi connectivity index (χ2n) is 5.29. The highest BCUT2D eigenvalue weighted by Crippen LogP contribution is 2.35. The van der Waals surface area contributed by atoms with Crippen molar-refractivity contribution < 1.29 is 8.78 Å². The van der Waals surface area contributed by atoms with Crippen molar-refractivity contribution in [3.8, 4) is 10.4 Å². The lowest BCUT2D eigenvalue weighted by Gasteiger charge is -2.18. The van der Waals surface area contributed by atoms with Crippen molar-refractivity contribution in [3.05, 3.63) is 46.3 Å². The second kappa shape index (κ2) is 6.02. The molecule has 0 fully saturated rings.